The average molecular weight is 180 g/mol. The molecule has 0 bridgehead atoms. The zero-order chi connectivity index (χ0) is 9.84. The van der Waals surface area contributed by atoms with E-state index >= 15 is 0 Å². The SMILES string of the molecule is CCc1ccc(OC)c(N(C)[O-])c1. The van der Waals surface area contributed by atoms with E-state index in [1.165, 1.54) is 7.05 Å². The van der Waals surface area contributed by atoms with Crippen molar-refractivity contribution < 1.29 is 4.74 Å². The minimum absolute atomic E-state index is 0.585. The summed E-state index contributed by atoms with van der Waals surface area (Å²) in [5, 5.41) is 11.9. The minimum Gasteiger partial charge on any atom is -0.758 e. The first-order chi connectivity index (χ1) is 6.19. The summed E-state index contributed by atoms with van der Waals surface area (Å²) in [7, 11) is 3.03. The largest absolute Gasteiger partial charge is 0.758 e. The number of aryl methyl sites for hydroxylation is 1. The first-order valence-electron chi connectivity index (χ1n) is 4.26. The topological polar surface area (TPSA) is 35.5 Å². The molecule has 0 saturated carbocycles. The van der Waals surface area contributed by atoms with Crippen molar-refractivity contribution in [1.29, 1.82) is 0 Å². The number of hydrogen-bond donors (Lipinski definition) is 0. The fraction of sp³-hybridized carbons (Fsp3) is 0.400. The molecule has 0 unspecified atom stereocenters. The summed E-state index contributed by atoms with van der Waals surface area (Å²) in [5.74, 6) is 0.620. The molecule has 72 valence electrons. The average Bonchev–Trinajstić information content (AvgIpc) is 2.16. The van der Waals surface area contributed by atoms with Crippen LogP contribution < -0.4 is 9.80 Å². The molecule has 1 rings (SSSR count). The van der Waals surface area contributed by atoms with Gasteiger partial charge in [0.15, 0.2) is 0 Å². The summed E-state index contributed by atoms with van der Waals surface area (Å²) in [6.07, 6.45) is 0.921. The Kier molecular flexibility index (Phi) is 3.14. The van der Waals surface area contributed by atoms with Crippen molar-refractivity contribution in [3.8, 4) is 5.75 Å². The highest BCUT2D eigenvalue weighted by atomic mass is 16.5. The van der Waals surface area contributed by atoms with Crippen molar-refractivity contribution in [3.63, 3.8) is 0 Å². The molecule has 0 aliphatic heterocycles. The normalized spacial score (nSPS) is 9.85. The van der Waals surface area contributed by atoms with Crippen LogP contribution >= 0.6 is 0 Å². The van der Waals surface area contributed by atoms with Crippen LogP contribution in [-0.2, 0) is 6.42 Å². The lowest BCUT2D eigenvalue weighted by Crippen LogP contribution is -2.07. The Morgan fingerprint density at radius 2 is 2.15 bits per heavy atom. The summed E-state index contributed by atoms with van der Waals surface area (Å²) in [4.78, 5) is 0. The highest BCUT2D eigenvalue weighted by molar-refractivity contribution is 5.60. The van der Waals surface area contributed by atoms with Crippen molar-refractivity contribution in [2.75, 3.05) is 19.2 Å². The summed E-state index contributed by atoms with van der Waals surface area (Å²) in [5.41, 5.74) is 1.72. The van der Waals surface area contributed by atoms with Crippen LogP contribution in [0.25, 0.3) is 0 Å². The Hall–Kier alpha value is -1.22. The quantitative estimate of drug-likeness (QED) is 0.669. The van der Waals surface area contributed by atoms with Gasteiger partial charge in [0.2, 0.25) is 0 Å². The van der Waals surface area contributed by atoms with Gasteiger partial charge in [0, 0.05) is 0 Å². The van der Waals surface area contributed by atoms with Gasteiger partial charge in [-0.3, -0.25) is 0 Å². The second-order valence-corrected chi connectivity index (χ2v) is 2.86. The number of benzene rings is 1. The van der Waals surface area contributed by atoms with E-state index < -0.39 is 0 Å². The van der Waals surface area contributed by atoms with Gasteiger partial charge in [-0.05, 0) is 31.2 Å². The maximum atomic E-state index is 11.1. The second kappa shape index (κ2) is 4.14. The monoisotopic (exact) mass is 180 g/mol. The Morgan fingerprint density at radius 3 is 2.62 bits per heavy atom. The Balaban J connectivity index is 3.10. The smallest absolute Gasteiger partial charge is 0.141 e. The van der Waals surface area contributed by atoms with E-state index in [2.05, 4.69) is 6.92 Å². The number of rotatable bonds is 3. The van der Waals surface area contributed by atoms with Gasteiger partial charge in [0.25, 0.3) is 0 Å². The number of hydrogen-bond acceptors (Lipinski definition) is 3. The van der Waals surface area contributed by atoms with Crippen molar-refractivity contribution in [2.45, 2.75) is 13.3 Å². The molecule has 0 amide bonds. The molecule has 3 nitrogen and oxygen atoms in total. The van der Waals surface area contributed by atoms with Gasteiger partial charge >= 0.3 is 0 Å². The van der Waals surface area contributed by atoms with Gasteiger partial charge in [0.1, 0.15) is 5.75 Å². The van der Waals surface area contributed by atoms with E-state index in [1.54, 1.807) is 7.11 Å². The van der Waals surface area contributed by atoms with E-state index in [4.69, 9.17) is 4.74 Å². The van der Waals surface area contributed by atoms with Gasteiger partial charge in [0.05, 0.1) is 12.8 Å². The summed E-state index contributed by atoms with van der Waals surface area (Å²) < 4.78 is 5.06. The third-order valence-electron chi connectivity index (χ3n) is 1.99. The molecular formula is C10H14NO2-. The molecule has 0 N–H and O–H groups in total. The lowest BCUT2D eigenvalue weighted by atomic mass is 10.1. The van der Waals surface area contributed by atoms with Gasteiger partial charge in [-0.1, -0.05) is 13.0 Å². The minimum atomic E-state index is 0.585. The number of hydroxylamine groups is 1. The lowest BCUT2D eigenvalue weighted by Gasteiger charge is -2.27. The first-order valence-corrected chi connectivity index (χ1v) is 4.26. The molecular weight excluding hydrogens is 166 g/mol. The van der Waals surface area contributed by atoms with Gasteiger partial charge in [-0.15, -0.1) is 0 Å². The van der Waals surface area contributed by atoms with Crippen LogP contribution in [0.1, 0.15) is 12.5 Å². The van der Waals surface area contributed by atoms with Gasteiger partial charge < -0.3 is 15.0 Å². The highest BCUT2D eigenvalue weighted by Crippen LogP contribution is 2.27. The van der Waals surface area contributed by atoms with Crippen LogP contribution in [0.2, 0.25) is 0 Å². The van der Waals surface area contributed by atoms with Crippen molar-refractivity contribution in [1.82, 2.24) is 0 Å². The Morgan fingerprint density at radius 1 is 1.46 bits per heavy atom. The van der Waals surface area contributed by atoms with Gasteiger partial charge in [-0.25, -0.2) is 0 Å². The van der Waals surface area contributed by atoms with Crippen LogP contribution in [-0.4, -0.2) is 14.2 Å². The number of ether oxygens (including phenoxy) is 1. The molecule has 0 aromatic heterocycles. The third-order valence-corrected chi connectivity index (χ3v) is 1.99. The van der Waals surface area contributed by atoms with Crippen LogP contribution in [0, 0.1) is 5.21 Å². The summed E-state index contributed by atoms with van der Waals surface area (Å²) >= 11 is 0. The number of nitrogens with zero attached hydrogens (tertiary/aromatic N) is 1. The molecule has 0 radical (unpaired) electrons. The zero-order valence-electron chi connectivity index (χ0n) is 8.20. The van der Waals surface area contributed by atoms with Crippen LogP contribution in [0.5, 0.6) is 5.75 Å². The lowest BCUT2D eigenvalue weighted by molar-refractivity contribution is 0.415. The fourth-order valence-corrected chi connectivity index (χ4v) is 1.20. The first kappa shape index (κ1) is 9.86. The van der Waals surface area contributed by atoms with E-state index in [0.717, 1.165) is 17.0 Å². The molecule has 0 saturated heterocycles. The van der Waals surface area contributed by atoms with E-state index in [0.29, 0.717) is 11.4 Å². The molecule has 13 heavy (non-hydrogen) atoms. The highest BCUT2D eigenvalue weighted by Gasteiger charge is 2.02. The van der Waals surface area contributed by atoms with Gasteiger partial charge in [-0.2, -0.15) is 0 Å². The van der Waals surface area contributed by atoms with Crippen LogP contribution in [0.3, 0.4) is 0 Å². The van der Waals surface area contributed by atoms with Crippen molar-refractivity contribution in [3.05, 3.63) is 29.0 Å². The fourth-order valence-electron chi connectivity index (χ4n) is 1.20. The molecule has 0 atom stereocenters. The maximum absolute atomic E-state index is 11.1. The number of anilines is 1. The summed E-state index contributed by atoms with van der Waals surface area (Å²) in [6.45, 7) is 2.05. The molecule has 0 aliphatic carbocycles. The van der Waals surface area contributed by atoms with Crippen LogP contribution in [0.4, 0.5) is 5.69 Å². The maximum Gasteiger partial charge on any atom is 0.141 e. The van der Waals surface area contributed by atoms with Crippen molar-refractivity contribution in [2.24, 2.45) is 0 Å². The molecule has 1 aromatic rings. The standard InChI is InChI=1S/C10H14NO2/c1-4-8-5-6-10(13-3)9(7-8)11(2)12/h5-7H,4H2,1-3H3/q-1. The predicted octanol–water partition coefficient (Wildman–Crippen LogP) is 2.19. The molecule has 0 aliphatic rings. The Bertz CT molecular complexity index is 284. The summed E-state index contributed by atoms with van der Waals surface area (Å²) in [6, 6.07) is 5.64. The van der Waals surface area contributed by atoms with E-state index in [9.17, 15) is 5.21 Å². The molecule has 3 heteroatoms. The third kappa shape index (κ3) is 2.12. The second-order valence-electron chi connectivity index (χ2n) is 2.86. The van der Waals surface area contributed by atoms with E-state index in [-0.39, 0.29) is 0 Å². The molecule has 0 fully saturated rings. The predicted molar refractivity (Wildman–Crippen MR) is 54.1 cm³/mol. The zero-order valence-corrected chi connectivity index (χ0v) is 8.20. The number of methoxy groups -OCH3 is 1. The molecule has 0 heterocycles. The van der Waals surface area contributed by atoms with E-state index in [1.807, 2.05) is 18.2 Å². The van der Waals surface area contributed by atoms with Crippen molar-refractivity contribution >= 4 is 5.69 Å². The molecule has 0 spiro atoms. The Labute approximate surface area is 78.5 Å². The molecule has 1 aromatic carbocycles. The van der Waals surface area contributed by atoms with Crippen LogP contribution in [0.15, 0.2) is 18.2 Å².